The molecule has 0 atom stereocenters. The molecule has 0 fully saturated rings. The van der Waals surface area contributed by atoms with Crippen LogP contribution in [0.1, 0.15) is 13.8 Å². The molecule has 0 saturated carbocycles. The molecule has 1 aliphatic rings. The molecule has 3 heteroatoms. The third-order valence-electron chi connectivity index (χ3n) is 2.81. The second-order valence-electron chi connectivity index (χ2n) is 3.82. The molecular weight excluding hydrogens is 240 g/mol. The maximum absolute atomic E-state index is 6.03. The molecule has 0 aliphatic carbocycles. The topological polar surface area (TPSA) is 29.3 Å². The Morgan fingerprint density at radius 1 is 0.944 bits per heavy atom. The highest BCUT2D eigenvalue weighted by molar-refractivity contribution is 7.99. The van der Waals surface area contributed by atoms with Crippen molar-refractivity contribution in [1.82, 2.24) is 0 Å². The van der Waals surface area contributed by atoms with Crippen molar-refractivity contribution in [2.75, 3.05) is 17.7 Å². The second-order valence-corrected chi connectivity index (χ2v) is 4.91. The standard InChI is InChI=1S/C13H12N2S.C2H6/c1-15-10-6-2-3-7-11(10)16-12-8-4-5-9(14)13(12)15;1-2/h2-8H,14H2,1H3;1-2H3. The van der Waals surface area contributed by atoms with Crippen molar-refractivity contribution in [3.8, 4) is 0 Å². The molecular formula is C15H18N2S. The summed E-state index contributed by atoms with van der Waals surface area (Å²) in [5.74, 6) is 0. The maximum atomic E-state index is 6.03. The number of hydrogen-bond donors (Lipinski definition) is 1. The van der Waals surface area contributed by atoms with Crippen LogP contribution in [0.15, 0.2) is 52.3 Å². The minimum absolute atomic E-state index is 0.835. The van der Waals surface area contributed by atoms with Crippen LogP contribution in [0.4, 0.5) is 17.1 Å². The second kappa shape index (κ2) is 5.36. The van der Waals surface area contributed by atoms with E-state index < -0.39 is 0 Å². The Balaban J connectivity index is 0.000000574. The van der Waals surface area contributed by atoms with E-state index in [1.165, 1.54) is 15.5 Å². The van der Waals surface area contributed by atoms with E-state index in [1.54, 1.807) is 11.8 Å². The first-order chi connectivity index (χ1) is 8.77. The van der Waals surface area contributed by atoms with E-state index in [-0.39, 0.29) is 0 Å². The highest BCUT2D eigenvalue weighted by Crippen LogP contribution is 2.49. The zero-order valence-corrected chi connectivity index (χ0v) is 11.8. The van der Waals surface area contributed by atoms with E-state index in [2.05, 4.69) is 42.3 Å². The summed E-state index contributed by atoms with van der Waals surface area (Å²) in [6, 6.07) is 14.5. The van der Waals surface area contributed by atoms with Gasteiger partial charge in [0.25, 0.3) is 0 Å². The lowest BCUT2D eigenvalue weighted by atomic mass is 10.2. The summed E-state index contributed by atoms with van der Waals surface area (Å²) in [5, 5.41) is 0. The van der Waals surface area contributed by atoms with Crippen molar-refractivity contribution in [2.24, 2.45) is 0 Å². The molecule has 2 nitrogen and oxygen atoms in total. The largest absolute Gasteiger partial charge is 0.397 e. The van der Waals surface area contributed by atoms with Crippen LogP contribution < -0.4 is 10.6 Å². The molecule has 18 heavy (non-hydrogen) atoms. The number of benzene rings is 2. The van der Waals surface area contributed by atoms with Crippen LogP contribution in [-0.4, -0.2) is 7.05 Å². The Morgan fingerprint density at radius 2 is 1.61 bits per heavy atom. The number of rotatable bonds is 0. The first kappa shape index (κ1) is 12.8. The summed E-state index contributed by atoms with van der Waals surface area (Å²) < 4.78 is 0. The summed E-state index contributed by atoms with van der Waals surface area (Å²) in [7, 11) is 2.06. The predicted octanol–water partition coefficient (Wildman–Crippen LogP) is 4.53. The van der Waals surface area contributed by atoms with Crippen molar-refractivity contribution in [3.05, 3.63) is 42.5 Å². The lowest BCUT2D eigenvalue weighted by Gasteiger charge is -2.30. The minimum Gasteiger partial charge on any atom is -0.397 e. The number of fused-ring (bicyclic) bond motifs is 2. The van der Waals surface area contributed by atoms with Crippen LogP contribution >= 0.6 is 11.8 Å². The molecule has 0 aromatic heterocycles. The van der Waals surface area contributed by atoms with Crippen molar-refractivity contribution in [2.45, 2.75) is 23.6 Å². The van der Waals surface area contributed by atoms with Crippen LogP contribution in [0.2, 0.25) is 0 Å². The van der Waals surface area contributed by atoms with Crippen LogP contribution in [-0.2, 0) is 0 Å². The molecule has 1 heterocycles. The number of para-hydroxylation sites is 2. The molecule has 0 amide bonds. The summed E-state index contributed by atoms with van der Waals surface area (Å²) in [5.41, 5.74) is 9.21. The monoisotopic (exact) mass is 258 g/mol. The number of hydrogen-bond acceptors (Lipinski definition) is 3. The Labute approximate surface area is 113 Å². The smallest absolute Gasteiger partial charge is 0.0783 e. The molecule has 3 rings (SSSR count). The zero-order valence-electron chi connectivity index (χ0n) is 11.0. The molecule has 0 radical (unpaired) electrons. The van der Waals surface area contributed by atoms with Crippen LogP contribution in [0, 0.1) is 0 Å². The molecule has 2 N–H and O–H groups in total. The van der Waals surface area contributed by atoms with E-state index in [9.17, 15) is 0 Å². The summed E-state index contributed by atoms with van der Waals surface area (Å²) in [4.78, 5) is 4.67. The van der Waals surface area contributed by atoms with E-state index in [0.717, 1.165) is 11.4 Å². The van der Waals surface area contributed by atoms with Gasteiger partial charge in [-0.3, -0.25) is 0 Å². The van der Waals surface area contributed by atoms with Gasteiger partial charge in [0.05, 0.1) is 17.1 Å². The van der Waals surface area contributed by atoms with Gasteiger partial charge in [-0.1, -0.05) is 43.8 Å². The number of nitrogens with zero attached hydrogens (tertiary/aromatic N) is 1. The summed E-state index contributed by atoms with van der Waals surface area (Å²) in [6.07, 6.45) is 0. The molecule has 2 aromatic rings. The molecule has 2 aromatic carbocycles. The molecule has 1 aliphatic heterocycles. The lowest BCUT2D eigenvalue weighted by molar-refractivity contribution is 1.11. The Bertz CT molecular complexity index is 552. The van der Waals surface area contributed by atoms with Crippen LogP contribution in [0.25, 0.3) is 0 Å². The van der Waals surface area contributed by atoms with E-state index >= 15 is 0 Å². The zero-order chi connectivity index (χ0) is 13.1. The summed E-state index contributed by atoms with van der Waals surface area (Å²) >= 11 is 1.78. The van der Waals surface area contributed by atoms with Gasteiger partial charge in [-0.2, -0.15) is 0 Å². The van der Waals surface area contributed by atoms with Gasteiger partial charge in [-0.15, -0.1) is 0 Å². The van der Waals surface area contributed by atoms with Crippen LogP contribution in [0.5, 0.6) is 0 Å². The van der Waals surface area contributed by atoms with Gasteiger partial charge in [0, 0.05) is 16.8 Å². The van der Waals surface area contributed by atoms with Crippen molar-refractivity contribution >= 4 is 28.8 Å². The van der Waals surface area contributed by atoms with E-state index in [4.69, 9.17) is 5.73 Å². The van der Waals surface area contributed by atoms with Gasteiger partial charge in [0.2, 0.25) is 0 Å². The highest BCUT2D eigenvalue weighted by Gasteiger charge is 2.21. The normalized spacial score (nSPS) is 12.1. The van der Waals surface area contributed by atoms with Crippen molar-refractivity contribution < 1.29 is 0 Å². The third kappa shape index (κ3) is 2.06. The predicted molar refractivity (Wildman–Crippen MR) is 80.8 cm³/mol. The Morgan fingerprint density at radius 3 is 2.39 bits per heavy atom. The molecule has 0 spiro atoms. The maximum Gasteiger partial charge on any atom is 0.0783 e. The highest BCUT2D eigenvalue weighted by atomic mass is 32.2. The van der Waals surface area contributed by atoms with Crippen molar-refractivity contribution in [1.29, 1.82) is 0 Å². The van der Waals surface area contributed by atoms with E-state index in [1.807, 2.05) is 26.0 Å². The summed E-state index contributed by atoms with van der Waals surface area (Å²) in [6.45, 7) is 4.00. The average Bonchev–Trinajstić information content (AvgIpc) is 2.41. The van der Waals surface area contributed by atoms with Gasteiger partial charge in [-0.05, 0) is 24.3 Å². The van der Waals surface area contributed by atoms with E-state index in [0.29, 0.717) is 0 Å². The van der Waals surface area contributed by atoms with Gasteiger partial charge in [-0.25, -0.2) is 0 Å². The lowest BCUT2D eigenvalue weighted by Crippen LogP contribution is -2.16. The minimum atomic E-state index is 0.835. The molecule has 0 unspecified atom stereocenters. The first-order valence-electron chi connectivity index (χ1n) is 6.16. The number of nitrogen functional groups attached to an aromatic ring is 1. The van der Waals surface area contributed by atoms with Crippen LogP contribution in [0.3, 0.4) is 0 Å². The molecule has 94 valence electrons. The molecule has 0 bridgehead atoms. The third-order valence-corrected chi connectivity index (χ3v) is 3.93. The van der Waals surface area contributed by atoms with Crippen molar-refractivity contribution in [3.63, 3.8) is 0 Å². The molecule has 0 saturated heterocycles. The average molecular weight is 258 g/mol. The van der Waals surface area contributed by atoms with Gasteiger partial charge in [0.1, 0.15) is 0 Å². The van der Waals surface area contributed by atoms with Gasteiger partial charge < -0.3 is 10.6 Å². The quantitative estimate of drug-likeness (QED) is 0.704. The van der Waals surface area contributed by atoms with Gasteiger partial charge in [0.15, 0.2) is 0 Å². The number of nitrogens with two attached hydrogens (primary N) is 1. The first-order valence-corrected chi connectivity index (χ1v) is 6.98. The SMILES string of the molecule is CC.CN1c2ccccc2Sc2cccc(N)c21. The fraction of sp³-hybridized carbons (Fsp3) is 0.200. The van der Waals surface area contributed by atoms with Gasteiger partial charge >= 0.3 is 0 Å². The number of anilines is 3. The Kier molecular flexibility index (Phi) is 3.82. The fourth-order valence-corrected chi connectivity index (χ4v) is 3.23. The fourth-order valence-electron chi connectivity index (χ4n) is 2.04. The Hall–Kier alpha value is -1.61.